The molecule has 1 aromatic carbocycles. The van der Waals surface area contributed by atoms with Crippen molar-refractivity contribution in [1.82, 2.24) is 10.2 Å². The van der Waals surface area contributed by atoms with E-state index in [1.165, 1.54) is 0 Å². The second-order valence-electron chi connectivity index (χ2n) is 5.62. The molecule has 0 heterocycles. The van der Waals surface area contributed by atoms with Crippen molar-refractivity contribution in [2.45, 2.75) is 27.2 Å². The maximum Gasteiger partial charge on any atom is 0.255 e. The summed E-state index contributed by atoms with van der Waals surface area (Å²) in [6.07, 6.45) is 0.921. The number of hydrogen-bond acceptors (Lipinski definition) is 3. The van der Waals surface area contributed by atoms with E-state index >= 15 is 0 Å². The normalized spacial score (nSPS) is 11.9. The van der Waals surface area contributed by atoms with E-state index in [0.717, 1.165) is 31.6 Å². The molecule has 1 rings (SSSR count). The van der Waals surface area contributed by atoms with Gasteiger partial charge < -0.3 is 15.0 Å². The summed E-state index contributed by atoms with van der Waals surface area (Å²) in [4.78, 5) is 15.0. The van der Waals surface area contributed by atoms with Gasteiger partial charge in [0.15, 0.2) is 0 Å². The minimum absolute atomic E-state index is 0.136. The fourth-order valence-corrected chi connectivity index (χ4v) is 2.53. The Morgan fingerprint density at radius 2 is 1.83 bits per heavy atom. The first-order valence-electron chi connectivity index (χ1n) is 8.55. The topological polar surface area (TPSA) is 41.6 Å². The number of hydrogen-bond donors (Lipinski definition) is 1. The summed E-state index contributed by atoms with van der Waals surface area (Å²) in [5.74, 6) is 0.438. The van der Waals surface area contributed by atoms with E-state index in [2.05, 4.69) is 30.6 Å². The SMILES string of the molecule is C=C(/C(C(=O)NCCCN(CC)CC)=C(/C)OC)c1ccccc1. The van der Waals surface area contributed by atoms with Gasteiger partial charge in [0.25, 0.3) is 5.91 Å². The van der Waals surface area contributed by atoms with Gasteiger partial charge in [-0.05, 0) is 44.1 Å². The minimum atomic E-state index is -0.136. The van der Waals surface area contributed by atoms with E-state index in [1.807, 2.05) is 30.3 Å². The standard InChI is InChI=1S/C20H30N2O2/c1-6-22(7-2)15-11-14-21-20(23)19(17(4)24-5)16(3)18-12-9-8-10-13-18/h8-10,12-13H,3,6-7,11,14-15H2,1-2,4-5H3,(H,21,23)/b19-17+. The maximum absolute atomic E-state index is 12.6. The van der Waals surface area contributed by atoms with Crippen molar-refractivity contribution in [3.8, 4) is 0 Å². The van der Waals surface area contributed by atoms with Crippen molar-refractivity contribution in [2.75, 3.05) is 33.3 Å². The highest BCUT2D eigenvalue weighted by molar-refractivity contribution is 6.08. The third-order valence-corrected chi connectivity index (χ3v) is 4.14. The second-order valence-corrected chi connectivity index (χ2v) is 5.62. The average molecular weight is 330 g/mol. The van der Waals surface area contributed by atoms with Gasteiger partial charge in [0.1, 0.15) is 5.76 Å². The third kappa shape index (κ3) is 5.85. The molecule has 0 aliphatic heterocycles. The Hall–Kier alpha value is -2.07. The van der Waals surface area contributed by atoms with Gasteiger partial charge in [0, 0.05) is 6.54 Å². The summed E-state index contributed by atoms with van der Waals surface area (Å²) >= 11 is 0. The first-order chi connectivity index (χ1) is 11.5. The monoisotopic (exact) mass is 330 g/mol. The number of ether oxygens (including phenoxy) is 1. The average Bonchev–Trinajstić information content (AvgIpc) is 2.62. The van der Waals surface area contributed by atoms with Crippen LogP contribution < -0.4 is 5.32 Å². The van der Waals surface area contributed by atoms with Gasteiger partial charge in [-0.1, -0.05) is 50.8 Å². The number of nitrogens with one attached hydrogen (secondary N) is 1. The predicted octanol–water partition coefficient (Wildman–Crippen LogP) is 3.47. The Bertz CT molecular complexity index is 560. The molecule has 0 spiro atoms. The highest BCUT2D eigenvalue weighted by Gasteiger charge is 2.18. The summed E-state index contributed by atoms with van der Waals surface area (Å²) in [5.41, 5.74) is 2.10. The highest BCUT2D eigenvalue weighted by atomic mass is 16.5. The largest absolute Gasteiger partial charge is 0.501 e. The molecule has 0 aliphatic carbocycles. The fraction of sp³-hybridized carbons (Fsp3) is 0.450. The molecule has 0 fully saturated rings. The van der Waals surface area contributed by atoms with Crippen LogP contribution in [0.15, 0.2) is 48.2 Å². The van der Waals surface area contributed by atoms with E-state index in [-0.39, 0.29) is 5.91 Å². The number of carbonyl (C=O) groups is 1. The van der Waals surface area contributed by atoms with Crippen LogP contribution in [-0.2, 0) is 9.53 Å². The van der Waals surface area contributed by atoms with Crippen LogP contribution in [0.5, 0.6) is 0 Å². The molecule has 0 aliphatic rings. The molecular formula is C20H30N2O2. The van der Waals surface area contributed by atoms with Gasteiger partial charge in [-0.25, -0.2) is 0 Å². The molecule has 0 atom stereocenters. The van der Waals surface area contributed by atoms with Crippen molar-refractivity contribution < 1.29 is 9.53 Å². The Balaban J connectivity index is 2.73. The Labute approximate surface area is 146 Å². The molecule has 4 nitrogen and oxygen atoms in total. The van der Waals surface area contributed by atoms with Gasteiger partial charge in [-0.2, -0.15) is 0 Å². The van der Waals surface area contributed by atoms with Crippen LogP contribution in [0.25, 0.3) is 5.57 Å². The molecule has 1 amide bonds. The quantitative estimate of drug-likeness (QED) is 0.309. The van der Waals surface area contributed by atoms with Crippen molar-refractivity contribution in [3.63, 3.8) is 0 Å². The number of rotatable bonds is 10. The lowest BCUT2D eigenvalue weighted by Gasteiger charge is -2.18. The van der Waals surface area contributed by atoms with Crippen LogP contribution in [0.3, 0.4) is 0 Å². The molecule has 0 bridgehead atoms. The lowest BCUT2D eigenvalue weighted by Crippen LogP contribution is -2.31. The van der Waals surface area contributed by atoms with Crippen LogP contribution in [0.4, 0.5) is 0 Å². The molecule has 132 valence electrons. The lowest BCUT2D eigenvalue weighted by atomic mass is 9.98. The first-order valence-corrected chi connectivity index (χ1v) is 8.55. The molecule has 0 radical (unpaired) electrons. The zero-order chi connectivity index (χ0) is 17.9. The summed E-state index contributed by atoms with van der Waals surface area (Å²) < 4.78 is 5.31. The molecule has 0 unspecified atom stereocenters. The van der Waals surface area contributed by atoms with Gasteiger partial charge in [-0.3, -0.25) is 4.79 Å². The van der Waals surface area contributed by atoms with Crippen molar-refractivity contribution >= 4 is 11.5 Å². The van der Waals surface area contributed by atoms with E-state index in [9.17, 15) is 4.79 Å². The number of benzene rings is 1. The van der Waals surface area contributed by atoms with E-state index in [4.69, 9.17) is 4.74 Å². The Morgan fingerprint density at radius 1 is 1.21 bits per heavy atom. The van der Waals surface area contributed by atoms with Crippen LogP contribution in [0.1, 0.15) is 32.8 Å². The maximum atomic E-state index is 12.6. The summed E-state index contributed by atoms with van der Waals surface area (Å²) in [5, 5.41) is 2.99. The highest BCUT2D eigenvalue weighted by Crippen LogP contribution is 2.24. The molecule has 0 saturated heterocycles. The van der Waals surface area contributed by atoms with Gasteiger partial charge in [0.05, 0.1) is 12.7 Å². The molecule has 24 heavy (non-hydrogen) atoms. The number of allylic oxidation sites excluding steroid dienone is 1. The molecular weight excluding hydrogens is 300 g/mol. The van der Waals surface area contributed by atoms with Crippen LogP contribution in [0.2, 0.25) is 0 Å². The number of methoxy groups -OCH3 is 1. The summed E-state index contributed by atoms with van der Waals surface area (Å²) in [7, 11) is 1.57. The predicted molar refractivity (Wildman–Crippen MR) is 101 cm³/mol. The fourth-order valence-electron chi connectivity index (χ4n) is 2.53. The van der Waals surface area contributed by atoms with Crippen LogP contribution >= 0.6 is 0 Å². The first kappa shape index (κ1) is 20.0. The second kappa shape index (κ2) is 10.7. The number of carbonyl (C=O) groups excluding carboxylic acids is 1. The van der Waals surface area contributed by atoms with Crippen LogP contribution in [0, 0.1) is 0 Å². The third-order valence-electron chi connectivity index (χ3n) is 4.14. The summed E-state index contributed by atoms with van der Waals surface area (Å²) in [6.45, 7) is 13.9. The Morgan fingerprint density at radius 3 is 2.38 bits per heavy atom. The molecule has 1 aromatic rings. The van der Waals surface area contributed by atoms with E-state index < -0.39 is 0 Å². The summed E-state index contributed by atoms with van der Waals surface area (Å²) in [6, 6.07) is 9.69. The molecule has 4 heteroatoms. The number of nitrogens with zero attached hydrogens (tertiary/aromatic N) is 1. The van der Waals surface area contributed by atoms with E-state index in [1.54, 1.807) is 14.0 Å². The lowest BCUT2D eigenvalue weighted by molar-refractivity contribution is -0.117. The molecule has 1 N–H and O–H groups in total. The minimum Gasteiger partial charge on any atom is -0.501 e. The smallest absolute Gasteiger partial charge is 0.255 e. The van der Waals surface area contributed by atoms with Gasteiger partial charge in [0.2, 0.25) is 0 Å². The molecule has 0 saturated carbocycles. The van der Waals surface area contributed by atoms with Crippen molar-refractivity contribution in [2.24, 2.45) is 0 Å². The zero-order valence-corrected chi connectivity index (χ0v) is 15.4. The van der Waals surface area contributed by atoms with Gasteiger partial charge >= 0.3 is 0 Å². The van der Waals surface area contributed by atoms with E-state index in [0.29, 0.717) is 23.5 Å². The molecule has 0 aromatic heterocycles. The zero-order valence-electron chi connectivity index (χ0n) is 15.4. The van der Waals surface area contributed by atoms with Crippen LogP contribution in [-0.4, -0.2) is 44.1 Å². The van der Waals surface area contributed by atoms with Crippen molar-refractivity contribution in [3.05, 3.63) is 53.8 Å². The Kier molecular flexibility index (Phi) is 8.87. The van der Waals surface area contributed by atoms with Gasteiger partial charge in [-0.15, -0.1) is 0 Å². The van der Waals surface area contributed by atoms with Crippen molar-refractivity contribution in [1.29, 1.82) is 0 Å². The number of amides is 1.